The largest absolute Gasteiger partial charge is 0.308 e. The van der Waals surface area contributed by atoms with Crippen LogP contribution in [0.15, 0.2) is 170 Å². The maximum absolute atomic E-state index is 5.19. The zero-order valence-corrected chi connectivity index (χ0v) is 27.4. The average molecular weight is 642 g/mol. The maximum Gasteiger partial charge on any atom is 0.166 e. The molecule has 236 valence electrons. The summed E-state index contributed by atoms with van der Waals surface area (Å²) in [5.41, 5.74) is 11.7. The number of benzene rings is 6. The smallest absolute Gasteiger partial charge is 0.166 e. The fraction of sp³-hybridized carbons (Fsp3) is 0.0222. The first-order valence-corrected chi connectivity index (χ1v) is 16.7. The minimum Gasteiger partial charge on any atom is -0.308 e. The monoisotopic (exact) mass is 641 g/mol. The Hall–Kier alpha value is -6.72. The number of aryl methyl sites for hydroxylation is 1. The third kappa shape index (κ3) is 5.31. The van der Waals surface area contributed by atoms with Crippen molar-refractivity contribution in [3.05, 3.63) is 176 Å². The SMILES string of the molecule is Cc1ccc(-c2ccc3c4ccccc4n(-c4ccc(-c5ccncc5)cc4-c4nc(-c5ccccc5)nc(-c5ccccc5)n4)c3c2)cc1. The van der Waals surface area contributed by atoms with Gasteiger partial charge in [-0.15, -0.1) is 0 Å². The van der Waals surface area contributed by atoms with E-state index in [9.17, 15) is 0 Å². The van der Waals surface area contributed by atoms with Crippen molar-refractivity contribution >= 4 is 21.8 Å². The van der Waals surface area contributed by atoms with Crippen molar-refractivity contribution in [3.63, 3.8) is 0 Å². The highest BCUT2D eigenvalue weighted by molar-refractivity contribution is 6.10. The fourth-order valence-corrected chi connectivity index (χ4v) is 6.72. The van der Waals surface area contributed by atoms with Gasteiger partial charge in [-0.2, -0.15) is 0 Å². The van der Waals surface area contributed by atoms with Crippen LogP contribution in [0.4, 0.5) is 0 Å². The van der Waals surface area contributed by atoms with Crippen molar-refractivity contribution in [2.24, 2.45) is 0 Å². The van der Waals surface area contributed by atoms with Gasteiger partial charge in [0, 0.05) is 39.9 Å². The molecule has 9 rings (SSSR count). The molecule has 0 atom stereocenters. The van der Waals surface area contributed by atoms with Crippen LogP contribution in [0.25, 0.3) is 83.9 Å². The van der Waals surface area contributed by atoms with E-state index < -0.39 is 0 Å². The lowest BCUT2D eigenvalue weighted by atomic mass is 10.0. The number of pyridine rings is 1. The van der Waals surface area contributed by atoms with Gasteiger partial charge in [0.25, 0.3) is 0 Å². The number of nitrogens with zero attached hydrogens (tertiary/aromatic N) is 5. The van der Waals surface area contributed by atoms with Crippen LogP contribution in [0.5, 0.6) is 0 Å². The Morgan fingerprint density at radius 1 is 0.400 bits per heavy atom. The van der Waals surface area contributed by atoms with Gasteiger partial charge >= 0.3 is 0 Å². The maximum atomic E-state index is 5.19. The molecule has 0 radical (unpaired) electrons. The van der Waals surface area contributed by atoms with Gasteiger partial charge in [0.15, 0.2) is 17.5 Å². The van der Waals surface area contributed by atoms with Crippen LogP contribution in [-0.2, 0) is 0 Å². The highest BCUT2D eigenvalue weighted by atomic mass is 15.1. The second-order valence-electron chi connectivity index (χ2n) is 12.5. The summed E-state index contributed by atoms with van der Waals surface area (Å²) in [6.07, 6.45) is 3.65. The van der Waals surface area contributed by atoms with Crippen LogP contribution in [0.3, 0.4) is 0 Å². The van der Waals surface area contributed by atoms with Gasteiger partial charge in [-0.05, 0) is 65.6 Å². The van der Waals surface area contributed by atoms with E-state index in [0.29, 0.717) is 17.5 Å². The number of hydrogen-bond donors (Lipinski definition) is 0. The fourth-order valence-electron chi connectivity index (χ4n) is 6.72. The van der Waals surface area contributed by atoms with Gasteiger partial charge in [-0.1, -0.05) is 127 Å². The number of hydrogen-bond acceptors (Lipinski definition) is 4. The normalized spacial score (nSPS) is 11.3. The zero-order chi connectivity index (χ0) is 33.4. The first-order chi connectivity index (χ1) is 24.7. The summed E-state index contributed by atoms with van der Waals surface area (Å²) in [7, 11) is 0. The summed E-state index contributed by atoms with van der Waals surface area (Å²) >= 11 is 0. The van der Waals surface area contributed by atoms with Crippen molar-refractivity contribution < 1.29 is 0 Å². The van der Waals surface area contributed by atoms with Crippen LogP contribution < -0.4 is 0 Å². The van der Waals surface area contributed by atoms with Gasteiger partial charge in [0.05, 0.1) is 16.7 Å². The number of para-hydroxylation sites is 1. The Kier molecular flexibility index (Phi) is 7.29. The van der Waals surface area contributed by atoms with Crippen molar-refractivity contribution in [1.82, 2.24) is 24.5 Å². The quantitative estimate of drug-likeness (QED) is 0.181. The molecule has 0 bridgehead atoms. The molecule has 0 aliphatic carbocycles. The van der Waals surface area contributed by atoms with Crippen molar-refractivity contribution in [3.8, 4) is 62.1 Å². The molecule has 5 nitrogen and oxygen atoms in total. The van der Waals surface area contributed by atoms with Gasteiger partial charge in [0.1, 0.15) is 0 Å². The number of aromatic nitrogens is 5. The second-order valence-corrected chi connectivity index (χ2v) is 12.5. The molecule has 0 unspecified atom stereocenters. The van der Waals surface area contributed by atoms with Crippen molar-refractivity contribution in [2.75, 3.05) is 0 Å². The van der Waals surface area contributed by atoms with Gasteiger partial charge in [0.2, 0.25) is 0 Å². The Labute approximate surface area is 290 Å². The molecule has 0 aliphatic rings. The molecule has 0 spiro atoms. The highest BCUT2D eigenvalue weighted by Gasteiger charge is 2.20. The minimum absolute atomic E-state index is 0.601. The summed E-state index contributed by atoms with van der Waals surface area (Å²) in [5, 5.41) is 2.37. The van der Waals surface area contributed by atoms with Gasteiger partial charge in [-0.3, -0.25) is 4.98 Å². The van der Waals surface area contributed by atoms with E-state index in [1.807, 2.05) is 85.2 Å². The second kappa shape index (κ2) is 12.4. The Morgan fingerprint density at radius 3 is 1.64 bits per heavy atom. The van der Waals surface area contributed by atoms with E-state index in [-0.39, 0.29) is 0 Å². The minimum atomic E-state index is 0.601. The Morgan fingerprint density at radius 2 is 0.940 bits per heavy atom. The molecule has 0 saturated carbocycles. The first kappa shape index (κ1) is 29.4. The zero-order valence-electron chi connectivity index (χ0n) is 27.4. The van der Waals surface area contributed by atoms with Gasteiger partial charge < -0.3 is 4.57 Å². The van der Waals surface area contributed by atoms with Gasteiger partial charge in [-0.25, -0.2) is 15.0 Å². The van der Waals surface area contributed by atoms with Crippen molar-refractivity contribution in [1.29, 1.82) is 0 Å². The molecule has 3 aromatic heterocycles. The summed E-state index contributed by atoms with van der Waals surface area (Å²) < 4.78 is 2.36. The van der Waals surface area contributed by atoms with Crippen LogP contribution >= 0.6 is 0 Å². The summed E-state index contributed by atoms with van der Waals surface area (Å²) in [4.78, 5) is 19.6. The third-order valence-electron chi connectivity index (χ3n) is 9.25. The lowest BCUT2D eigenvalue weighted by Crippen LogP contribution is -2.04. The molecular formula is C45H31N5. The van der Waals surface area contributed by atoms with Crippen LogP contribution in [-0.4, -0.2) is 24.5 Å². The van der Waals surface area contributed by atoms with Crippen LogP contribution in [0.2, 0.25) is 0 Å². The molecule has 5 heteroatoms. The van der Waals surface area contributed by atoms with Crippen LogP contribution in [0.1, 0.15) is 5.56 Å². The van der Waals surface area contributed by atoms with E-state index in [2.05, 4.69) is 101 Å². The molecule has 0 aliphatic heterocycles. The predicted octanol–water partition coefficient (Wildman–Crippen LogP) is 11.0. The molecule has 0 N–H and O–H groups in total. The summed E-state index contributed by atoms with van der Waals surface area (Å²) in [6.45, 7) is 2.12. The lowest BCUT2D eigenvalue weighted by molar-refractivity contribution is 1.06. The standard InChI is InChI=1S/C45H31N5/c1-30-16-18-31(19-17-30)36-20-22-38-37-14-8-9-15-40(37)50(42(38)29-36)41-23-21-35(32-24-26-46-27-25-32)28-39(41)45-48-43(33-10-4-2-5-11-33)47-44(49-45)34-12-6-3-7-13-34/h2-29H,1H3. The number of rotatable bonds is 6. The van der Waals surface area contributed by atoms with E-state index in [4.69, 9.17) is 15.0 Å². The molecule has 3 heterocycles. The van der Waals surface area contributed by atoms with E-state index in [0.717, 1.165) is 50.1 Å². The molecule has 50 heavy (non-hydrogen) atoms. The lowest BCUT2D eigenvalue weighted by Gasteiger charge is -2.16. The van der Waals surface area contributed by atoms with Crippen molar-refractivity contribution in [2.45, 2.75) is 6.92 Å². The Bertz CT molecular complexity index is 2570. The Balaban J connectivity index is 1.35. The molecular weight excluding hydrogens is 611 g/mol. The molecule has 0 saturated heterocycles. The predicted molar refractivity (Wildman–Crippen MR) is 204 cm³/mol. The van der Waals surface area contributed by atoms with E-state index in [1.54, 1.807) is 0 Å². The topological polar surface area (TPSA) is 56.5 Å². The third-order valence-corrected chi connectivity index (χ3v) is 9.25. The molecule has 9 aromatic rings. The molecule has 6 aromatic carbocycles. The summed E-state index contributed by atoms with van der Waals surface area (Å²) in [6, 6.07) is 55.0. The molecule has 0 amide bonds. The summed E-state index contributed by atoms with van der Waals surface area (Å²) in [5.74, 6) is 1.85. The van der Waals surface area contributed by atoms with E-state index in [1.165, 1.54) is 21.9 Å². The average Bonchev–Trinajstić information content (AvgIpc) is 3.52. The van der Waals surface area contributed by atoms with Crippen LogP contribution in [0, 0.1) is 6.92 Å². The highest BCUT2D eigenvalue weighted by Crippen LogP contribution is 2.39. The molecule has 0 fully saturated rings. The number of fused-ring (bicyclic) bond motifs is 3. The first-order valence-electron chi connectivity index (χ1n) is 16.7. The van der Waals surface area contributed by atoms with E-state index >= 15 is 0 Å².